The van der Waals surface area contributed by atoms with Crippen LogP contribution in [0.1, 0.15) is 39.1 Å². The number of H-pyrrole nitrogens is 1. The molecule has 126 valence electrons. The van der Waals surface area contributed by atoms with Gasteiger partial charge in [-0.15, -0.1) is 5.10 Å². The van der Waals surface area contributed by atoms with Crippen LogP contribution in [0.3, 0.4) is 0 Å². The summed E-state index contributed by atoms with van der Waals surface area (Å²) in [7, 11) is 0. The van der Waals surface area contributed by atoms with Gasteiger partial charge in [-0.25, -0.2) is 9.78 Å². The number of rotatable bonds is 4. The van der Waals surface area contributed by atoms with Crippen molar-refractivity contribution in [3.63, 3.8) is 0 Å². The molecule has 0 saturated heterocycles. The maximum Gasteiger partial charge on any atom is 0.412 e. The largest absolute Gasteiger partial charge is 0.444 e. The Labute approximate surface area is 144 Å². The molecule has 2 rings (SSSR count). The number of anilines is 1. The fourth-order valence-electron chi connectivity index (χ4n) is 1.78. The molecule has 0 aliphatic rings. The van der Waals surface area contributed by atoms with Crippen molar-refractivity contribution in [1.29, 1.82) is 5.26 Å². The number of amides is 1. The van der Waals surface area contributed by atoms with Gasteiger partial charge < -0.3 is 4.74 Å². The number of ether oxygens (including phenoxy) is 1. The Morgan fingerprint density at radius 1 is 1.46 bits per heavy atom. The number of nitriles is 1. The Hall–Kier alpha value is -2.53. The normalized spacial score (nSPS) is 11.0. The van der Waals surface area contributed by atoms with Crippen LogP contribution in [0.15, 0.2) is 28.3 Å². The predicted octanol–water partition coefficient (Wildman–Crippen LogP) is 3.74. The van der Waals surface area contributed by atoms with Crippen molar-refractivity contribution in [1.82, 2.24) is 15.2 Å². The predicted molar refractivity (Wildman–Crippen MR) is 90.9 cm³/mol. The SMILES string of the molecule is CCc1nc(Sc2ccc(C#N)cc2NC(=O)OC(C)(C)C)n[nH]1. The highest BCUT2D eigenvalue weighted by atomic mass is 32.2. The molecule has 1 amide bonds. The maximum atomic E-state index is 12.0. The van der Waals surface area contributed by atoms with Crippen LogP contribution in [0.5, 0.6) is 0 Å². The molecule has 7 nitrogen and oxygen atoms in total. The number of aryl methyl sites for hydroxylation is 1. The van der Waals surface area contributed by atoms with Crippen LogP contribution in [-0.2, 0) is 11.2 Å². The fourth-order valence-corrected chi connectivity index (χ4v) is 2.58. The minimum absolute atomic E-state index is 0.439. The molecule has 0 unspecified atom stereocenters. The molecular weight excluding hydrogens is 326 g/mol. The number of aromatic amines is 1. The third kappa shape index (κ3) is 4.99. The molecule has 0 saturated carbocycles. The molecule has 0 aliphatic carbocycles. The first-order valence-electron chi connectivity index (χ1n) is 7.44. The van der Waals surface area contributed by atoms with Gasteiger partial charge in [0.05, 0.1) is 17.3 Å². The molecule has 1 aromatic heterocycles. The number of carbonyl (C=O) groups is 1. The smallest absolute Gasteiger partial charge is 0.412 e. The van der Waals surface area contributed by atoms with Crippen LogP contribution in [0.4, 0.5) is 10.5 Å². The Balaban J connectivity index is 2.24. The van der Waals surface area contributed by atoms with E-state index < -0.39 is 11.7 Å². The van der Waals surface area contributed by atoms with Gasteiger partial charge in [-0.3, -0.25) is 10.4 Å². The van der Waals surface area contributed by atoms with E-state index in [1.165, 1.54) is 11.8 Å². The van der Waals surface area contributed by atoms with E-state index in [1.54, 1.807) is 39.0 Å². The van der Waals surface area contributed by atoms with E-state index in [0.29, 0.717) is 16.4 Å². The summed E-state index contributed by atoms with van der Waals surface area (Å²) in [4.78, 5) is 17.1. The van der Waals surface area contributed by atoms with E-state index in [1.807, 2.05) is 6.92 Å². The molecule has 1 heterocycles. The lowest BCUT2D eigenvalue weighted by atomic mass is 10.2. The lowest BCUT2D eigenvalue weighted by Crippen LogP contribution is -2.27. The van der Waals surface area contributed by atoms with Crippen molar-refractivity contribution < 1.29 is 9.53 Å². The zero-order valence-electron chi connectivity index (χ0n) is 14.0. The van der Waals surface area contributed by atoms with Crippen LogP contribution >= 0.6 is 11.8 Å². The van der Waals surface area contributed by atoms with Crippen LogP contribution in [0.25, 0.3) is 0 Å². The van der Waals surface area contributed by atoms with E-state index in [0.717, 1.165) is 17.1 Å². The van der Waals surface area contributed by atoms with Gasteiger partial charge in [0.2, 0.25) is 5.16 Å². The fraction of sp³-hybridized carbons (Fsp3) is 0.375. The lowest BCUT2D eigenvalue weighted by Gasteiger charge is -2.20. The Bertz CT molecular complexity index is 774. The van der Waals surface area contributed by atoms with Crippen LogP contribution in [0.2, 0.25) is 0 Å². The monoisotopic (exact) mass is 345 g/mol. The third-order valence-corrected chi connectivity index (χ3v) is 3.73. The van der Waals surface area contributed by atoms with Gasteiger partial charge >= 0.3 is 6.09 Å². The highest BCUT2D eigenvalue weighted by molar-refractivity contribution is 7.99. The van der Waals surface area contributed by atoms with Gasteiger partial charge in [0.15, 0.2) is 0 Å². The van der Waals surface area contributed by atoms with E-state index in [4.69, 9.17) is 10.00 Å². The molecule has 0 atom stereocenters. The third-order valence-electron chi connectivity index (χ3n) is 2.79. The highest BCUT2D eigenvalue weighted by Gasteiger charge is 2.18. The van der Waals surface area contributed by atoms with Gasteiger partial charge in [0, 0.05) is 11.3 Å². The van der Waals surface area contributed by atoms with E-state index in [2.05, 4.69) is 26.6 Å². The molecule has 2 N–H and O–H groups in total. The van der Waals surface area contributed by atoms with Gasteiger partial charge in [-0.2, -0.15) is 5.26 Å². The second kappa shape index (κ2) is 7.36. The summed E-state index contributed by atoms with van der Waals surface area (Å²) < 4.78 is 5.26. The summed E-state index contributed by atoms with van der Waals surface area (Å²) >= 11 is 1.30. The number of hydrogen-bond acceptors (Lipinski definition) is 6. The van der Waals surface area contributed by atoms with Crippen molar-refractivity contribution in [3.8, 4) is 6.07 Å². The zero-order valence-corrected chi connectivity index (χ0v) is 14.8. The quantitative estimate of drug-likeness (QED) is 0.875. The molecule has 0 radical (unpaired) electrons. The van der Waals surface area contributed by atoms with Gasteiger partial charge in [-0.1, -0.05) is 6.92 Å². The summed E-state index contributed by atoms with van der Waals surface area (Å²) in [5.74, 6) is 0.785. The standard InChI is InChI=1S/C16H19N5O2S/c1-5-13-19-14(21-20-13)24-12-7-6-10(9-17)8-11(12)18-15(22)23-16(2,3)4/h6-8H,5H2,1-4H3,(H,18,22)(H,19,20,21). The molecule has 0 aliphatic heterocycles. The Morgan fingerprint density at radius 2 is 2.21 bits per heavy atom. The number of nitrogens with one attached hydrogen (secondary N) is 2. The molecule has 24 heavy (non-hydrogen) atoms. The first kappa shape index (κ1) is 17.8. The van der Waals surface area contributed by atoms with Crippen molar-refractivity contribution in [2.45, 2.75) is 49.8 Å². The molecule has 2 aromatic rings. The second-order valence-electron chi connectivity index (χ2n) is 5.97. The average Bonchev–Trinajstić information content (AvgIpc) is 2.94. The topological polar surface area (TPSA) is 104 Å². The molecule has 1 aromatic carbocycles. The summed E-state index contributed by atoms with van der Waals surface area (Å²) in [5.41, 5.74) is 0.315. The molecule has 0 spiro atoms. The zero-order chi connectivity index (χ0) is 17.7. The summed E-state index contributed by atoms with van der Waals surface area (Å²) in [6, 6.07) is 7.08. The number of carbonyl (C=O) groups excluding carboxylic acids is 1. The number of benzene rings is 1. The minimum atomic E-state index is -0.607. The molecule has 0 fully saturated rings. The van der Waals surface area contributed by atoms with E-state index in [-0.39, 0.29) is 0 Å². The van der Waals surface area contributed by atoms with Crippen molar-refractivity contribution in [3.05, 3.63) is 29.6 Å². The van der Waals surface area contributed by atoms with Gasteiger partial charge in [0.1, 0.15) is 11.4 Å². The molecule has 0 bridgehead atoms. The van der Waals surface area contributed by atoms with Crippen molar-refractivity contribution in [2.24, 2.45) is 0 Å². The average molecular weight is 345 g/mol. The maximum absolute atomic E-state index is 12.0. The van der Waals surface area contributed by atoms with Crippen LogP contribution < -0.4 is 5.32 Å². The number of hydrogen-bond donors (Lipinski definition) is 2. The molecular formula is C16H19N5O2S. The van der Waals surface area contributed by atoms with Crippen LogP contribution in [-0.4, -0.2) is 26.9 Å². The number of aromatic nitrogens is 3. The highest BCUT2D eigenvalue weighted by Crippen LogP contribution is 2.32. The van der Waals surface area contributed by atoms with Crippen molar-refractivity contribution >= 4 is 23.5 Å². The first-order chi connectivity index (χ1) is 11.3. The van der Waals surface area contributed by atoms with Crippen LogP contribution in [0, 0.1) is 11.3 Å². The minimum Gasteiger partial charge on any atom is -0.444 e. The molecule has 8 heteroatoms. The summed E-state index contributed by atoms with van der Waals surface area (Å²) in [6.07, 6.45) is 0.174. The Kier molecular flexibility index (Phi) is 5.46. The second-order valence-corrected chi connectivity index (χ2v) is 6.98. The van der Waals surface area contributed by atoms with Gasteiger partial charge in [0.25, 0.3) is 0 Å². The van der Waals surface area contributed by atoms with E-state index in [9.17, 15) is 4.79 Å². The first-order valence-corrected chi connectivity index (χ1v) is 8.25. The Morgan fingerprint density at radius 3 is 2.79 bits per heavy atom. The van der Waals surface area contributed by atoms with E-state index >= 15 is 0 Å². The summed E-state index contributed by atoms with van der Waals surface area (Å²) in [6.45, 7) is 7.34. The van der Waals surface area contributed by atoms with Gasteiger partial charge in [-0.05, 0) is 50.7 Å². The van der Waals surface area contributed by atoms with Crippen molar-refractivity contribution in [2.75, 3.05) is 5.32 Å². The lowest BCUT2D eigenvalue weighted by molar-refractivity contribution is 0.0635. The number of nitrogens with zero attached hydrogens (tertiary/aromatic N) is 3. The summed E-state index contributed by atoms with van der Waals surface area (Å²) in [5, 5.41) is 19.3.